The lowest BCUT2D eigenvalue weighted by atomic mass is 9.95. The summed E-state index contributed by atoms with van der Waals surface area (Å²) >= 11 is 0. The number of nitrogens with one attached hydrogen (secondary N) is 1. The Kier molecular flexibility index (Phi) is 3.77. The van der Waals surface area contributed by atoms with Crippen LogP contribution in [0.25, 0.3) is 0 Å². The first-order chi connectivity index (χ1) is 8.61. The van der Waals surface area contributed by atoms with Crippen molar-refractivity contribution in [1.82, 2.24) is 20.3 Å². The van der Waals surface area contributed by atoms with Gasteiger partial charge in [-0.05, 0) is 37.6 Å². The maximum atomic E-state index is 4.15. The van der Waals surface area contributed by atoms with Gasteiger partial charge in [0, 0.05) is 25.7 Å². The third-order valence-electron chi connectivity index (χ3n) is 3.43. The summed E-state index contributed by atoms with van der Waals surface area (Å²) in [7, 11) is 3.88. The minimum Gasteiger partial charge on any atom is -0.313 e. The van der Waals surface area contributed by atoms with Crippen molar-refractivity contribution in [3.63, 3.8) is 0 Å². The predicted octanol–water partition coefficient (Wildman–Crippen LogP) is 1.94. The minimum absolute atomic E-state index is 0.279. The summed E-state index contributed by atoms with van der Waals surface area (Å²) in [6.07, 6.45) is 2.82. The molecule has 96 valence electrons. The Labute approximate surface area is 108 Å². The van der Waals surface area contributed by atoms with E-state index in [2.05, 4.69) is 47.7 Å². The molecule has 2 aromatic rings. The first kappa shape index (κ1) is 12.8. The molecule has 1 heterocycles. The summed E-state index contributed by atoms with van der Waals surface area (Å²) in [5.74, 6) is 0. The van der Waals surface area contributed by atoms with Gasteiger partial charge < -0.3 is 5.32 Å². The van der Waals surface area contributed by atoms with Crippen LogP contribution in [0.15, 0.2) is 24.4 Å². The maximum Gasteiger partial charge on any atom is 0.0845 e. The van der Waals surface area contributed by atoms with E-state index in [9.17, 15) is 0 Å². The van der Waals surface area contributed by atoms with Crippen LogP contribution >= 0.6 is 0 Å². The van der Waals surface area contributed by atoms with Crippen LogP contribution in [-0.2, 0) is 13.5 Å². The highest BCUT2D eigenvalue weighted by molar-refractivity contribution is 5.35. The molecule has 1 N–H and O–H groups in total. The lowest BCUT2D eigenvalue weighted by Crippen LogP contribution is -2.20. The molecule has 1 aromatic carbocycles. The molecule has 0 saturated heterocycles. The van der Waals surface area contributed by atoms with Gasteiger partial charge in [0.25, 0.3) is 0 Å². The number of likely N-dealkylation sites (N-methyl/N-ethyl adjacent to an activating group) is 1. The first-order valence-corrected chi connectivity index (χ1v) is 6.20. The molecule has 4 nitrogen and oxygen atoms in total. The normalized spacial score (nSPS) is 12.7. The van der Waals surface area contributed by atoms with Crippen LogP contribution in [0.5, 0.6) is 0 Å². The Morgan fingerprint density at radius 1 is 1.33 bits per heavy atom. The van der Waals surface area contributed by atoms with E-state index >= 15 is 0 Å². The van der Waals surface area contributed by atoms with Gasteiger partial charge in [-0.15, -0.1) is 5.10 Å². The summed E-state index contributed by atoms with van der Waals surface area (Å²) in [6, 6.07) is 6.72. The van der Waals surface area contributed by atoms with Crippen LogP contribution in [-0.4, -0.2) is 22.0 Å². The number of aryl methyl sites for hydroxylation is 2. The van der Waals surface area contributed by atoms with Gasteiger partial charge in [-0.2, -0.15) is 0 Å². The Morgan fingerprint density at radius 2 is 2.11 bits per heavy atom. The van der Waals surface area contributed by atoms with Gasteiger partial charge in [0.1, 0.15) is 0 Å². The maximum absolute atomic E-state index is 4.15. The molecule has 1 unspecified atom stereocenters. The minimum atomic E-state index is 0.279. The highest BCUT2D eigenvalue weighted by atomic mass is 15.4. The zero-order valence-electron chi connectivity index (χ0n) is 11.4. The molecule has 18 heavy (non-hydrogen) atoms. The number of aromatic nitrogens is 3. The van der Waals surface area contributed by atoms with Crippen LogP contribution in [0.3, 0.4) is 0 Å². The lowest BCUT2D eigenvalue weighted by Gasteiger charge is -2.18. The van der Waals surface area contributed by atoms with E-state index < -0.39 is 0 Å². The quantitative estimate of drug-likeness (QED) is 0.893. The van der Waals surface area contributed by atoms with Gasteiger partial charge in [-0.25, -0.2) is 0 Å². The second-order valence-corrected chi connectivity index (χ2v) is 4.72. The molecule has 4 heteroatoms. The van der Waals surface area contributed by atoms with Crippen LogP contribution < -0.4 is 5.32 Å². The molecule has 2 rings (SSSR count). The fourth-order valence-electron chi connectivity index (χ4n) is 2.22. The van der Waals surface area contributed by atoms with Crippen LogP contribution in [0, 0.1) is 13.8 Å². The van der Waals surface area contributed by atoms with Crippen LogP contribution in [0.2, 0.25) is 0 Å². The van der Waals surface area contributed by atoms with Gasteiger partial charge >= 0.3 is 0 Å². The molecule has 0 fully saturated rings. The number of hydrogen-bond donors (Lipinski definition) is 1. The molecule has 0 aliphatic rings. The number of hydrogen-bond acceptors (Lipinski definition) is 3. The molecule has 1 atom stereocenters. The van der Waals surface area contributed by atoms with Gasteiger partial charge in [0.15, 0.2) is 0 Å². The zero-order valence-corrected chi connectivity index (χ0v) is 11.4. The molecule has 0 amide bonds. The molecular formula is C14H20N4. The van der Waals surface area contributed by atoms with Crippen molar-refractivity contribution in [1.29, 1.82) is 0 Å². The predicted molar refractivity (Wildman–Crippen MR) is 72.4 cm³/mol. The fourth-order valence-corrected chi connectivity index (χ4v) is 2.22. The second-order valence-electron chi connectivity index (χ2n) is 4.72. The molecule has 0 aliphatic carbocycles. The Bertz CT molecular complexity index is 530. The molecule has 1 aromatic heterocycles. The molecular weight excluding hydrogens is 224 g/mol. The molecule has 0 aliphatic heterocycles. The standard InChI is InChI=1S/C14H20N4/c1-10-6-5-7-13(11(10)2)14(15-3)8-12-9-18(4)17-16-12/h5-7,9,14-15H,8H2,1-4H3. The largest absolute Gasteiger partial charge is 0.313 e. The topological polar surface area (TPSA) is 42.7 Å². The fraction of sp³-hybridized carbons (Fsp3) is 0.429. The third kappa shape index (κ3) is 2.59. The summed E-state index contributed by atoms with van der Waals surface area (Å²) < 4.78 is 1.74. The average Bonchev–Trinajstić information content (AvgIpc) is 2.76. The van der Waals surface area contributed by atoms with Gasteiger partial charge in [-0.1, -0.05) is 23.4 Å². The Hall–Kier alpha value is -1.68. The van der Waals surface area contributed by atoms with Crippen molar-refractivity contribution in [2.45, 2.75) is 26.3 Å². The van der Waals surface area contributed by atoms with E-state index in [1.54, 1.807) is 4.68 Å². The SMILES string of the molecule is CNC(Cc1cn(C)nn1)c1cccc(C)c1C. The smallest absolute Gasteiger partial charge is 0.0845 e. The second kappa shape index (κ2) is 5.31. The van der Waals surface area contributed by atoms with E-state index in [1.807, 2.05) is 20.3 Å². The van der Waals surface area contributed by atoms with Crippen molar-refractivity contribution in [3.05, 3.63) is 46.8 Å². The van der Waals surface area contributed by atoms with E-state index in [1.165, 1.54) is 16.7 Å². The first-order valence-electron chi connectivity index (χ1n) is 6.20. The number of rotatable bonds is 4. The Morgan fingerprint density at radius 3 is 2.72 bits per heavy atom. The van der Waals surface area contributed by atoms with E-state index in [0.717, 1.165) is 12.1 Å². The number of nitrogens with zero attached hydrogens (tertiary/aromatic N) is 3. The van der Waals surface area contributed by atoms with Crippen molar-refractivity contribution in [2.75, 3.05) is 7.05 Å². The van der Waals surface area contributed by atoms with Crippen LogP contribution in [0.1, 0.15) is 28.4 Å². The lowest BCUT2D eigenvalue weighted by molar-refractivity contribution is 0.580. The van der Waals surface area contributed by atoms with Crippen molar-refractivity contribution < 1.29 is 0 Å². The summed E-state index contributed by atoms with van der Waals surface area (Å²) in [4.78, 5) is 0. The van der Waals surface area contributed by atoms with Gasteiger partial charge in [0.2, 0.25) is 0 Å². The molecule has 0 bridgehead atoms. The number of benzene rings is 1. The third-order valence-corrected chi connectivity index (χ3v) is 3.43. The van der Waals surface area contributed by atoms with E-state index in [4.69, 9.17) is 0 Å². The van der Waals surface area contributed by atoms with Crippen molar-refractivity contribution >= 4 is 0 Å². The highest BCUT2D eigenvalue weighted by Crippen LogP contribution is 2.22. The summed E-state index contributed by atoms with van der Waals surface area (Å²) in [6.45, 7) is 4.32. The molecule has 0 saturated carbocycles. The summed E-state index contributed by atoms with van der Waals surface area (Å²) in [5.41, 5.74) is 5.02. The molecule has 0 radical (unpaired) electrons. The van der Waals surface area contributed by atoms with E-state index in [-0.39, 0.29) is 6.04 Å². The van der Waals surface area contributed by atoms with Crippen molar-refractivity contribution in [3.8, 4) is 0 Å². The molecule has 0 spiro atoms. The van der Waals surface area contributed by atoms with Gasteiger partial charge in [-0.3, -0.25) is 4.68 Å². The average molecular weight is 244 g/mol. The summed E-state index contributed by atoms with van der Waals surface area (Å²) in [5, 5.41) is 11.5. The van der Waals surface area contributed by atoms with E-state index in [0.29, 0.717) is 0 Å². The van der Waals surface area contributed by atoms with Gasteiger partial charge in [0.05, 0.1) is 5.69 Å². The Balaban J connectivity index is 2.25. The zero-order chi connectivity index (χ0) is 13.1. The highest BCUT2D eigenvalue weighted by Gasteiger charge is 2.14. The van der Waals surface area contributed by atoms with Crippen LogP contribution in [0.4, 0.5) is 0 Å². The monoisotopic (exact) mass is 244 g/mol. The van der Waals surface area contributed by atoms with Crippen molar-refractivity contribution in [2.24, 2.45) is 7.05 Å².